The van der Waals surface area contributed by atoms with E-state index in [9.17, 15) is 4.79 Å². The van der Waals surface area contributed by atoms with E-state index >= 15 is 0 Å². The van der Waals surface area contributed by atoms with Gasteiger partial charge in [-0.15, -0.1) is 0 Å². The van der Waals surface area contributed by atoms with Crippen molar-refractivity contribution in [3.8, 4) is 0 Å². The van der Waals surface area contributed by atoms with Gasteiger partial charge in [0, 0.05) is 6.08 Å². The zero-order valence-corrected chi connectivity index (χ0v) is 6.85. The van der Waals surface area contributed by atoms with Crippen LogP contribution in [0.2, 0.25) is 0 Å². The first-order valence-electron chi connectivity index (χ1n) is 2.68. The van der Waals surface area contributed by atoms with Gasteiger partial charge in [-0.1, -0.05) is 15.9 Å². The second-order valence-corrected chi connectivity index (χ2v) is 1.90. The standard InChI is InChI=1S/C6H9BrO2/c1-2-9-6(5-7)3-4-8/h3-4H,2,5H2,1H3. The van der Waals surface area contributed by atoms with Gasteiger partial charge in [0.25, 0.3) is 0 Å². The summed E-state index contributed by atoms with van der Waals surface area (Å²) in [7, 11) is 0. The normalized spacial score (nSPS) is 11.1. The van der Waals surface area contributed by atoms with Gasteiger partial charge in [0.05, 0.1) is 11.9 Å². The number of allylic oxidation sites excluding steroid dienone is 2. The zero-order valence-electron chi connectivity index (χ0n) is 5.26. The average Bonchev–Trinajstić information content (AvgIpc) is 1.88. The lowest BCUT2D eigenvalue weighted by Crippen LogP contribution is -1.92. The minimum Gasteiger partial charge on any atom is -0.497 e. The van der Waals surface area contributed by atoms with E-state index in [0.29, 0.717) is 24.0 Å². The number of carbonyl (C=O) groups is 1. The number of hydrogen-bond acceptors (Lipinski definition) is 2. The second-order valence-electron chi connectivity index (χ2n) is 1.34. The molecule has 0 aliphatic rings. The Hall–Kier alpha value is -0.310. The lowest BCUT2D eigenvalue weighted by molar-refractivity contribution is -0.104. The fraction of sp³-hybridized carbons (Fsp3) is 0.500. The second kappa shape index (κ2) is 5.82. The van der Waals surface area contributed by atoms with Crippen molar-refractivity contribution >= 4 is 22.2 Å². The van der Waals surface area contributed by atoms with Crippen LogP contribution < -0.4 is 0 Å². The number of carbonyl (C=O) groups excluding carboxylic acids is 1. The highest BCUT2D eigenvalue weighted by molar-refractivity contribution is 9.09. The minimum atomic E-state index is 0.597. The molecule has 0 amide bonds. The van der Waals surface area contributed by atoms with Crippen molar-refractivity contribution in [3.63, 3.8) is 0 Å². The molecule has 0 aromatic carbocycles. The van der Waals surface area contributed by atoms with Crippen LogP contribution in [0.15, 0.2) is 11.8 Å². The molecule has 0 rings (SSSR count). The maximum atomic E-state index is 9.87. The van der Waals surface area contributed by atoms with Crippen LogP contribution in [0.1, 0.15) is 6.92 Å². The van der Waals surface area contributed by atoms with Crippen LogP contribution in [-0.2, 0) is 9.53 Å². The molecule has 0 N–H and O–H groups in total. The monoisotopic (exact) mass is 192 g/mol. The largest absolute Gasteiger partial charge is 0.497 e. The van der Waals surface area contributed by atoms with E-state index in [4.69, 9.17) is 4.74 Å². The Balaban J connectivity index is 3.66. The van der Waals surface area contributed by atoms with Gasteiger partial charge in [-0.2, -0.15) is 0 Å². The quantitative estimate of drug-likeness (QED) is 0.292. The smallest absolute Gasteiger partial charge is 0.146 e. The topological polar surface area (TPSA) is 26.3 Å². The van der Waals surface area contributed by atoms with Crippen LogP contribution in [0.3, 0.4) is 0 Å². The first kappa shape index (κ1) is 8.69. The van der Waals surface area contributed by atoms with E-state index in [1.165, 1.54) is 6.08 Å². The zero-order chi connectivity index (χ0) is 7.11. The SMILES string of the molecule is CCOC(=CC=O)CBr. The third kappa shape index (κ3) is 4.21. The van der Waals surface area contributed by atoms with Gasteiger partial charge in [0.2, 0.25) is 0 Å². The molecule has 0 saturated carbocycles. The van der Waals surface area contributed by atoms with Crippen LogP contribution in [0.25, 0.3) is 0 Å². The number of aldehydes is 1. The van der Waals surface area contributed by atoms with Crippen molar-refractivity contribution in [1.82, 2.24) is 0 Å². The Labute approximate surface area is 63.0 Å². The third-order valence-electron chi connectivity index (χ3n) is 0.715. The average molecular weight is 193 g/mol. The van der Waals surface area contributed by atoms with Crippen molar-refractivity contribution in [1.29, 1.82) is 0 Å². The van der Waals surface area contributed by atoms with E-state index in [1.54, 1.807) is 0 Å². The van der Waals surface area contributed by atoms with Crippen molar-refractivity contribution < 1.29 is 9.53 Å². The highest BCUT2D eigenvalue weighted by atomic mass is 79.9. The Morgan fingerprint density at radius 3 is 2.78 bits per heavy atom. The van der Waals surface area contributed by atoms with Crippen LogP contribution in [-0.4, -0.2) is 18.2 Å². The number of ether oxygens (including phenoxy) is 1. The van der Waals surface area contributed by atoms with Crippen molar-refractivity contribution in [2.45, 2.75) is 6.92 Å². The summed E-state index contributed by atoms with van der Waals surface area (Å²) in [5, 5.41) is 0.597. The Morgan fingerprint density at radius 1 is 1.78 bits per heavy atom. The molecule has 52 valence electrons. The highest BCUT2D eigenvalue weighted by Crippen LogP contribution is 1.99. The highest BCUT2D eigenvalue weighted by Gasteiger charge is 1.90. The minimum absolute atomic E-state index is 0.597. The summed E-state index contributed by atoms with van der Waals surface area (Å²) in [5.74, 6) is 0.674. The van der Waals surface area contributed by atoms with Crippen molar-refractivity contribution in [2.24, 2.45) is 0 Å². The summed E-state index contributed by atoms with van der Waals surface area (Å²) in [6.45, 7) is 2.48. The van der Waals surface area contributed by atoms with Crippen LogP contribution in [0, 0.1) is 0 Å². The molecule has 3 heteroatoms. The van der Waals surface area contributed by atoms with Crippen molar-refractivity contribution in [3.05, 3.63) is 11.8 Å². The van der Waals surface area contributed by atoms with Crippen molar-refractivity contribution in [2.75, 3.05) is 11.9 Å². The van der Waals surface area contributed by atoms with E-state index in [1.807, 2.05) is 6.92 Å². The molecule has 0 unspecified atom stereocenters. The molecular weight excluding hydrogens is 184 g/mol. The third-order valence-corrected chi connectivity index (χ3v) is 1.27. The predicted molar refractivity (Wildman–Crippen MR) is 39.6 cm³/mol. The van der Waals surface area contributed by atoms with Gasteiger partial charge in [0.15, 0.2) is 0 Å². The molecule has 0 aliphatic heterocycles. The fourth-order valence-electron chi connectivity index (χ4n) is 0.393. The lowest BCUT2D eigenvalue weighted by atomic mass is 10.5. The summed E-state index contributed by atoms with van der Waals surface area (Å²) in [4.78, 5) is 9.87. The Kier molecular flexibility index (Phi) is 5.62. The molecule has 9 heavy (non-hydrogen) atoms. The summed E-state index contributed by atoms with van der Waals surface area (Å²) in [6, 6.07) is 0. The number of halogens is 1. The summed E-state index contributed by atoms with van der Waals surface area (Å²) in [5.41, 5.74) is 0. The lowest BCUT2D eigenvalue weighted by Gasteiger charge is -2.01. The van der Waals surface area contributed by atoms with Gasteiger partial charge in [-0.05, 0) is 6.92 Å². The Morgan fingerprint density at radius 2 is 2.44 bits per heavy atom. The van der Waals surface area contributed by atoms with Gasteiger partial charge in [0.1, 0.15) is 12.0 Å². The van der Waals surface area contributed by atoms with Crippen LogP contribution in [0.4, 0.5) is 0 Å². The molecular formula is C6H9BrO2. The molecule has 0 aliphatic carbocycles. The molecule has 2 nitrogen and oxygen atoms in total. The maximum Gasteiger partial charge on any atom is 0.146 e. The van der Waals surface area contributed by atoms with E-state index in [2.05, 4.69) is 15.9 Å². The number of rotatable bonds is 4. The number of alkyl halides is 1. The summed E-state index contributed by atoms with van der Waals surface area (Å²) < 4.78 is 5.01. The van der Waals surface area contributed by atoms with Gasteiger partial charge >= 0.3 is 0 Å². The Bertz CT molecular complexity index is 110. The van der Waals surface area contributed by atoms with Crippen LogP contribution in [0.5, 0.6) is 0 Å². The fourth-order valence-corrected chi connectivity index (χ4v) is 0.741. The first-order chi connectivity index (χ1) is 4.35. The van der Waals surface area contributed by atoms with E-state index in [0.717, 1.165) is 0 Å². The molecule has 0 aromatic rings. The van der Waals surface area contributed by atoms with Gasteiger partial charge < -0.3 is 4.74 Å². The molecule has 0 aromatic heterocycles. The van der Waals surface area contributed by atoms with E-state index in [-0.39, 0.29) is 0 Å². The predicted octanol–water partition coefficient (Wildman–Crippen LogP) is 1.50. The summed E-state index contributed by atoms with van der Waals surface area (Å²) in [6.07, 6.45) is 2.12. The molecule has 0 atom stereocenters. The maximum absolute atomic E-state index is 9.87. The summed E-state index contributed by atoms with van der Waals surface area (Å²) >= 11 is 3.17. The molecule has 0 spiro atoms. The van der Waals surface area contributed by atoms with E-state index < -0.39 is 0 Å². The molecule has 0 heterocycles. The van der Waals surface area contributed by atoms with Gasteiger partial charge in [-0.3, -0.25) is 4.79 Å². The molecule has 0 saturated heterocycles. The molecule has 0 bridgehead atoms. The molecule has 0 radical (unpaired) electrons. The van der Waals surface area contributed by atoms with Crippen LogP contribution >= 0.6 is 15.9 Å². The molecule has 0 fully saturated rings. The number of hydrogen-bond donors (Lipinski definition) is 0. The first-order valence-corrected chi connectivity index (χ1v) is 3.80. The van der Waals surface area contributed by atoms with Gasteiger partial charge in [-0.25, -0.2) is 0 Å².